The number of carbonyl (C=O) groups is 2. The summed E-state index contributed by atoms with van der Waals surface area (Å²) in [7, 11) is 1.49. The number of anilines is 1. The SMILES string of the molecule is COc1ccccc1NC(=O)C(C)OC(=O)c1ccc(C)c(F)c1. The standard InChI is InChI=1S/C18H18FNO4/c1-11-8-9-13(10-14(11)19)18(22)24-12(2)17(21)20-15-6-4-5-7-16(15)23-3/h4-10,12H,1-3H3,(H,20,21). The topological polar surface area (TPSA) is 64.6 Å². The molecule has 1 amide bonds. The molecule has 6 heteroatoms. The Morgan fingerprint density at radius 3 is 2.54 bits per heavy atom. The van der Waals surface area contributed by atoms with E-state index >= 15 is 0 Å². The lowest BCUT2D eigenvalue weighted by atomic mass is 10.1. The predicted octanol–water partition coefficient (Wildman–Crippen LogP) is 3.33. The molecular weight excluding hydrogens is 313 g/mol. The van der Waals surface area contributed by atoms with E-state index in [1.165, 1.54) is 26.2 Å². The lowest BCUT2D eigenvalue weighted by Crippen LogP contribution is -2.30. The molecule has 1 N–H and O–H groups in total. The number of para-hydroxylation sites is 2. The molecule has 0 spiro atoms. The summed E-state index contributed by atoms with van der Waals surface area (Å²) in [4.78, 5) is 24.2. The van der Waals surface area contributed by atoms with Crippen LogP contribution in [0.25, 0.3) is 0 Å². The maximum Gasteiger partial charge on any atom is 0.339 e. The maximum absolute atomic E-state index is 13.5. The summed E-state index contributed by atoms with van der Waals surface area (Å²) < 4.78 is 23.7. The van der Waals surface area contributed by atoms with Gasteiger partial charge >= 0.3 is 5.97 Å². The van der Waals surface area contributed by atoms with Crippen LogP contribution in [0.15, 0.2) is 42.5 Å². The molecule has 1 unspecified atom stereocenters. The van der Waals surface area contributed by atoms with E-state index in [1.807, 2.05) is 0 Å². The number of ether oxygens (including phenoxy) is 2. The van der Waals surface area contributed by atoms with Crippen LogP contribution in [0.4, 0.5) is 10.1 Å². The van der Waals surface area contributed by atoms with Crippen LogP contribution in [-0.4, -0.2) is 25.1 Å². The van der Waals surface area contributed by atoms with E-state index in [9.17, 15) is 14.0 Å². The van der Waals surface area contributed by atoms with Gasteiger partial charge in [0.1, 0.15) is 11.6 Å². The highest BCUT2D eigenvalue weighted by molar-refractivity contribution is 5.98. The third-order valence-electron chi connectivity index (χ3n) is 3.43. The van der Waals surface area contributed by atoms with Crippen molar-refractivity contribution in [3.05, 3.63) is 59.4 Å². The Balaban J connectivity index is 2.03. The van der Waals surface area contributed by atoms with E-state index in [1.54, 1.807) is 31.2 Å². The van der Waals surface area contributed by atoms with Crippen LogP contribution in [0.2, 0.25) is 0 Å². The van der Waals surface area contributed by atoms with Crippen molar-refractivity contribution < 1.29 is 23.5 Å². The maximum atomic E-state index is 13.5. The number of methoxy groups -OCH3 is 1. The smallest absolute Gasteiger partial charge is 0.339 e. The lowest BCUT2D eigenvalue weighted by molar-refractivity contribution is -0.123. The first-order valence-electron chi connectivity index (χ1n) is 7.33. The first kappa shape index (κ1) is 17.5. The molecule has 0 heterocycles. The van der Waals surface area contributed by atoms with Crippen LogP contribution >= 0.6 is 0 Å². The molecule has 0 aliphatic rings. The number of rotatable bonds is 5. The van der Waals surface area contributed by atoms with Crippen molar-refractivity contribution in [3.8, 4) is 5.75 Å². The van der Waals surface area contributed by atoms with Gasteiger partial charge in [-0.05, 0) is 43.7 Å². The van der Waals surface area contributed by atoms with E-state index < -0.39 is 23.8 Å². The van der Waals surface area contributed by atoms with Gasteiger partial charge in [0.25, 0.3) is 5.91 Å². The molecule has 2 aromatic carbocycles. The average Bonchev–Trinajstić information content (AvgIpc) is 2.57. The van der Waals surface area contributed by atoms with Crippen LogP contribution in [-0.2, 0) is 9.53 Å². The number of halogens is 1. The molecule has 126 valence electrons. The summed E-state index contributed by atoms with van der Waals surface area (Å²) in [6.07, 6.45) is -1.05. The van der Waals surface area contributed by atoms with Crippen molar-refractivity contribution in [3.63, 3.8) is 0 Å². The number of hydrogen-bond acceptors (Lipinski definition) is 4. The quantitative estimate of drug-likeness (QED) is 0.854. The summed E-state index contributed by atoms with van der Waals surface area (Å²) >= 11 is 0. The molecule has 24 heavy (non-hydrogen) atoms. The summed E-state index contributed by atoms with van der Waals surface area (Å²) in [5.41, 5.74) is 0.942. The predicted molar refractivity (Wildman–Crippen MR) is 87.6 cm³/mol. The molecule has 0 aliphatic heterocycles. The minimum atomic E-state index is -1.05. The van der Waals surface area contributed by atoms with Gasteiger partial charge in [0.15, 0.2) is 6.10 Å². The fraction of sp³-hybridized carbons (Fsp3) is 0.222. The molecule has 0 bridgehead atoms. The lowest BCUT2D eigenvalue weighted by Gasteiger charge is -2.15. The van der Waals surface area contributed by atoms with Crippen molar-refractivity contribution in [2.45, 2.75) is 20.0 Å². The first-order chi connectivity index (χ1) is 11.4. The molecule has 2 aromatic rings. The fourth-order valence-electron chi connectivity index (χ4n) is 1.98. The van der Waals surface area contributed by atoms with Crippen molar-refractivity contribution in [1.29, 1.82) is 0 Å². The molecule has 0 saturated heterocycles. The number of carbonyl (C=O) groups excluding carboxylic acids is 2. The molecule has 0 aliphatic carbocycles. The number of esters is 1. The molecule has 0 fully saturated rings. The van der Waals surface area contributed by atoms with Gasteiger partial charge in [0.2, 0.25) is 0 Å². The Labute approximate surface area is 139 Å². The van der Waals surface area contributed by atoms with E-state index in [0.29, 0.717) is 17.0 Å². The van der Waals surface area contributed by atoms with Gasteiger partial charge in [-0.2, -0.15) is 0 Å². The highest BCUT2D eigenvalue weighted by Crippen LogP contribution is 2.23. The first-order valence-corrected chi connectivity index (χ1v) is 7.33. The fourth-order valence-corrected chi connectivity index (χ4v) is 1.98. The van der Waals surface area contributed by atoms with Crippen molar-refractivity contribution in [2.24, 2.45) is 0 Å². The number of aryl methyl sites for hydroxylation is 1. The van der Waals surface area contributed by atoms with Gasteiger partial charge in [0.05, 0.1) is 18.4 Å². The average molecular weight is 331 g/mol. The Morgan fingerprint density at radius 1 is 1.17 bits per heavy atom. The number of benzene rings is 2. The molecule has 0 aromatic heterocycles. The van der Waals surface area contributed by atoms with Crippen molar-refractivity contribution >= 4 is 17.6 Å². The largest absolute Gasteiger partial charge is 0.495 e. The summed E-state index contributed by atoms with van der Waals surface area (Å²) in [6, 6.07) is 10.9. The minimum absolute atomic E-state index is 0.0510. The van der Waals surface area contributed by atoms with E-state index in [2.05, 4.69) is 5.32 Å². The summed E-state index contributed by atoms with van der Waals surface area (Å²) in [5, 5.41) is 2.62. The van der Waals surface area contributed by atoms with Crippen molar-refractivity contribution in [2.75, 3.05) is 12.4 Å². The highest BCUT2D eigenvalue weighted by atomic mass is 19.1. The summed E-state index contributed by atoms with van der Waals surface area (Å²) in [6.45, 7) is 3.03. The third-order valence-corrected chi connectivity index (χ3v) is 3.43. The molecule has 0 saturated carbocycles. The second-order valence-electron chi connectivity index (χ2n) is 5.20. The zero-order valence-electron chi connectivity index (χ0n) is 13.6. The van der Waals surface area contributed by atoms with Crippen LogP contribution in [0, 0.1) is 12.7 Å². The minimum Gasteiger partial charge on any atom is -0.495 e. The second-order valence-corrected chi connectivity index (χ2v) is 5.20. The van der Waals surface area contributed by atoms with Crippen LogP contribution in [0.5, 0.6) is 5.75 Å². The van der Waals surface area contributed by atoms with Gasteiger partial charge in [-0.25, -0.2) is 9.18 Å². The molecule has 0 radical (unpaired) electrons. The van der Waals surface area contributed by atoms with Gasteiger partial charge in [0, 0.05) is 0 Å². The van der Waals surface area contributed by atoms with Gasteiger partial charge < -0.3 is 14.8 Å². The Bertz CT molecular complexity index is 760. The summed E-state index contributed by atoms with van der Waals surface area (Å²) in [5.74, 6) is -1.29. The van der Waals surface area contributed by atoms with Crippen LogP contribution < -0.4 is 10.1 Å². The van der Waals surface area contributed by atoms with Gasteiger partial charge in [-0.15, -0.1) is 0 Å². The monoisotopic (exact) mass is 331 g/mol. The normalized spacial score (nSPS) is 11.5. The molecule has 5 nitrogen and oxygen atoms in total. The molecular formula is C18H18FNO4. The Kier molecular flexibility index (Phi) is 5.52. The number of nitrogens with one attached hydrogen (secondary N) is 1. The van der Waals surface area contributed by atoms with Crippen LogP contribution in [0.3, 0.4) is 0 Å². The molecule has 1 atom stereocenters. The molecule has 2 rings (SSSR count). The van der Waals surface area contributed by atoms with E-state index in [4.69, 9.17) is 9.47 Å². The second kappa shape index (κ2) is 7.59. The van der Waals surface area contributed by atoms with Crippen molar-refractivity contribution in [1.82, 2.24) is 0 Å². The third kappa shape index (κ3) is 4.10. The van der Waals surface area contributed by atoms with Gasteiger partial charge in [-0.3, -0.25) is 4.79 Å². The Hall–Kier alpha value is -2.89. The highest BCUT2D eigenvalue weighted by Gasteiger charge is 2.20. The van der Waals surface area contributed by atoms with E-state index in [0.717, 1.165) is 6.07 Å². The Morgan fingerprint density at radius 2 is 1.88 bits per heavy atom. The van der Waals surface area contributed by atoms with E-state index in [-0.39, 0.29) is 5.56 Å². The van der Waals surface area contributed by atoms with Gasteiger partial charge in [-0.1, -0.05) is 18.2 Å². The van der Waals surface area contributed by atoms with Crippen LogP contribution in [0.1, 0.15) is 22.8 Å². The number of amides is 1. The zero-order valence-corrected chi connectivity index (χ0v) is 13.6. The zero-order chi connectivity index (χ0) is 17.7. The number of hydrogen-bond donors (Lipinski definition) is 1.